The Morgan fingerprint density at radius 1 is 1.21 bits per heavy atom. The molecule has 0 rings (SSSR count). The van der Waals surface area contributed by atoms with Gasteiger partial charge in [0.15, 0.2) is 0 Å². The smallest absolute Gasteiger partial charge is 0.243 e. The van der Waals surface area contributed by atoms with Gasteiger partial charge in [0, 0.05) is 13.1 Å². The van der Waals surface area contributed by atoms with Gasteiger partial charge in [-0.05, 0) is 37.4 Å². The van der Waals surface area contributed by atoms with Crippen molar-refractivity contribution >= 4 is 5.91 Å². The van der Waals surface area contributed by atoms with Crippen LogP contribution in [0.15, 0.2) is 12.7 Å². The van der Waals surface area contributed by atoms with E-state index in [0.29, 0.717) is 6.54 Å². The highest BCUT2D eigenvalue weighted by molar-refractivity contribution is 5.86. The van der Waals surface area contributed by atoms with Crippen molar-refractivity contribution in [2.75, 3.05) is 26.2 Å². The molecule has 0 radical (unpaired) electrons. The zero-order valence-electron chi connectivity index (χ0n) is 13.3. The SMILES string of the molecule is C=CC(=O)NCC(C)(C)CN(CCCC)CCCC. The predicted octanol–water partition coefficient (Wildman–Crippen LogP) is 3.22. The van der Waals surface area contributed by atoms with Crippen molar-refractivity contribution in [3.63, 3.8) is 0 Å². The quantitative estimate of drug-likeness (QED) is 0.584. The highest BCUT2D eigenvalue weighted by Crippen LogP contribution is 2.17. The second-order valence-electron chi connectivity index (χ2n) is 6.07. The van der Waals surface area contributed by atoms with Crippen LogP contribution in [0.2, 0.25) is 0 Å². The summed E-state index contributed by atoms with van der Waals surface area (Å²) >= 11 is 0. The van der Waals surface area contributed by atoms with Crippen molar-refractivity contribution in [3.05, 3.63) is 12.7 Å². The lowest BCUT2D eigenvalue weighted by Crippen LogP contribution is -2.42. The maximum absolute atomic E-state index is 11.2. The normalized spacial score (nSPS) is 11.6. The Bertz CT molecular complexity index is 253. The Balaban J connectivity index is 4.26. The van der Waals surface area contributed by atoms with Crippen LogP contribution in [0, 0.1) is 5.41 Å². The fourth-order valence-corrected chi connectivity index (χ4v) is 2.09. The molecule has 0 fully saturated rings. The summed E-state index contributed by atoms with van der Waals surface area (Å²) < 4.78 is 0. The topological polar surface area (TPSA) is 32.3 Å². The Morgan fingerprint density at radius 2 is 1.74 bits per heavy atom. The van der Waals surface area contributed by atoms with Gasteiger partial charge in [-0.15, -0.1) is 0 Å². The van der Waals surface area contributed by atoms with Crippen LogP contribution >= 0.6 is 0 Å². The van der Waals surface area contributed by atoms with Gasteiger partial charge in [0.05, 0.1) is 0 Å². The molecule has 0 aliphatic rings. The summed E-state index contributed by atoms with van der Waals surface area (Å²) in [6.45, 7) is 16.4. The maximum atomic E-state index is 11.2. The Kier molecular flexibility index (Phi) is 9.58. The van der Waals surface area contributed by atoms with Crippen LogP contribution < -0.4 is 5.32 Å². The van der Waals surface area contributed by atoms with Gasteiger partial charge in [-0.2, -0.15) is 0 Å². The summed E-state index contributed by atoms with van der Waals surface area (Å²) in [7, 11) is 0. The molecule has 0 atom stereocenters. The summed E-state index contributed by atoms with van der Waals surface area (Å²) in [5.41, 5.74) is 0.0974. The van der Waals surface area contributed by atoms with Gasteiger partial charge in [0.1, 0.15) is 0 Å². The molecule has 0 spiro atoms. The van der Waals surface area contributed by atoms with E-state index in [-0.39, 0.29) is 11.3 Å². The molecule has 3 heteroatoms. The van der Waals surface area contributed by atoms with Gasteiger partial charge in [0.2, 0.25) is 5.91 Å². The monoisotopic (exact) mass is 268 g/mol. The van der Waals surface area contributed by atoms with E-state index in [1.807, 2.05) is 0 Å². The van der Waals surface area contributed by atoms with Crippen LogP contribution in [0.4, 0.5) is 0 Å². The second kappa shape index (κ2) is 10.0. The van der Waals surface area contributed by atoms with Crippen molar-refractivity contribution in [2.24, 2.45) is 5.41 Å². The standard InChI is InChI=1S/C16H32N2O/c1-6-9-11-18(12-10-7-2)14-16(4,5)13-17-15(19)8-3/h8H,3,6-7,9-14H2,1-2,4-5H3,(H,17,19). The van der Waals surface area contributed by atoms with Crippen LogP contribution in [0.5, 0.6) is 0 Å². The molecule has 0 heterocycles. The molecule has 0 saturated carbocycles. The molecule has 0 unspecified atom stereocenters. The molecule has 0 aromatic rings. The third-order valence-electron chi connectivity index (χ3n) is 3.23. The van der Waals surface area contributed by atoms with Crippen molar-refractivity contribution in [2.45, 2.75) is 53.4 Å². The number of amides is 1. The third-order valence-corrected chi connectivity index (χ3v) is 3.23. The molecular weight excluding hydrogens is 236 g/mol. The maximum Gasteiger partial charge on any atom is 0.243 e. The molecule has 0 aliphatic carbocycles. The van der Waals surface area contributed by atoms with E-state index in [0.717, 1.165) is 19.6 Å². The first-order valence-corrected chi connectivity index (χ1v) is 7.57. The van der Waals surface area contributed by atoms with Crippen molar-refractivity contribution in [1.82, 2.24) is 10.2 Å². The minimum absolute atomic E-state index is 0.0817. The molecule has 3 nitrogen and oxygen atoms in total. The summed E-state index contributed by atoms with van der Waals surface area (Å²) in [6.07, 6.45) is 6.30. The largest absolute Gasteiger partial charge is 0.352 e. The minimum Gasteiger partial charge on any atom is -0.352 e. The molecule has 112 valence electrons. The molecule has 1 amide bonds. The van der Waals surface area contributed by atoms with Gasteiger partial charge in [-0.1, -0.05) is 47.1 Å². The number of carbonyl (C=O) groups is 1. The zero-order valence-corrected chi connectivity index (χ0v) is 13.3. The highest BCUT2D eigenvalue weighted by Gasteiger charge is 2.21. The van der Waals surface area contributed by atoms with Crippen LogP contribution in [0.3, 0.4) is 0 Å². The van der Waals surface area contributed by atoms with Gasteiger partial charge in [0.25, 0.3) is 0 Å². The Morgan fingerprint density at radius 3 is 2.16 bits per heavy atom. The molecule has 0 bridgehead atoms. The zero-order chi connectivity index (χ0) is 14.7. The van der Waals surface area contributed by atoms with E-state index in [9.17, 15) is 4.79 Å². The van der Waals surface area contributed by atoms with E-state index in [2.05, 4.69) is 44.5 Å². The second-order valence-corrected chi connectivity index (χ2v) is 6.07. The summed E-state index contributed by atoms with van der Waals surface area (Å²) in [5.74, 6) is -0.0817. The number of unbranched alkanes of at least 4 members (excludes halogenated alkanes) is 2. The molecule has 0 aromatic carbocycles. The number of nitrogens with zero attached hydrogens (tertiary/aromatic N) is 1. The molecule has 0 saturated heterocycles. The first kappa shape index (κ1) is 18.2. The average molecular weight is 268 g/mol. The Labute approximate surface area is 119 Å². The highest BCUT2D eigenvalue weighted by atomic mass is 16.1. The third kappa shape index (κ3) is 9.71. The van der Waals surface area contributed by atoms with E-state index >= 15 is 0 Å². The van der Waals surface area contributed by atoms with Crippen molar-refractivity contribution in [1.29, 1.82) is 0 Å². The molecule has 0 aliphatic heterocycles. The molecule has 1 N–H and O–H groups in total. The lowest BCUT2D eigenvalue weighted by atomic mass is 9.92. The van der Waals surface area contributed by atoms with Gasteiger partial charge in [-0.25, -0.2) is 0 Å². The number of hydrogen-bond acceptors (Lipinski definition) is 2. The predicted molar refractivity (Wildman–Crippen MR) is 83.2 cm³/mol. The number of hydrogen-bond donors (Lipinski definition) is 1. The van der Waals surface area contributed by atoms with Gasteiger partial charge in [-0.3, -0.25) is 4.79 Å². The van der Waals surface area contributed by atoms with Crippen LogP contribution in [-0.2, 0) is 4.79 Å². The van der Waals surface area contributed by atoms with E-state index < -0.39 is 0 Å². The summed E-state index contributed by atoms with van der Waals surface area (Å²) in [5, 5.41) is 2.91. The molecular formula is C16H32N2O. The van der Waals surface area contributed by atoms with Gasteiger partial charge < -0.3 is 10.2 Å². The first-order chi connectivity index (χ1) is 8.95. The van der Waals surface area contributed by atoms with Crippen LogP contribution in [0.1, 0.15) is 53.4 Å². The van der Waals surface area contributed by atoms with Crippen LogP contribution in [0.25, 0.3) is 0 Å². The number of rotatable bonds is 11. The van der Waals surface area contributed by atoms with Gasteiger partial charge >= 0.3 is 0 Å². The lowest BCUT2D eigenvalue weighted by Gasteiger charge is -2.33. The summed E-state index contributed by atoms with van der Waals surface area (Å²) in [6, 6.07) is 0. The Hall–Kier alpha value is -0.830. The average Bonchev–Trinajstić information content (AvgIpc) is 2.39. The lowest BCUT2D eigenvalue weighted by molar-refractivity contribution is -0.117. The molecule has 19 heavy (non-hydrogen) atoms. The van der Waals surface area contributed by atoms with Crippen molar-refractivity contribution < 1.29 is 4.79 Å². The fourth-order valence-electron chi connectivity index (χ4n) is 2.09. The minimum atomic E-state index is -0.0817. The van der Waals surface area contributed by atoms with E-state index in [1.54, 1.807) is 0 Å². The molecule has 0 aromatic heterocycles. The fraction of sp³-hybridized carbons (Fsp3) is 0.812. The van der Waals surface area contributed by atoms with E-state index in [1.165, 1.54) is 31.8 Å². The van der Waals surface area contributed by atoms with E-state index in [4.69, 9.17) is 0 Å². The first-order valence-electron chi connectivity index (χ1n) is 7.57. The van der Waals surface area contributed by atoms with Crippen molar-refractivity contribution in [3.8, 4) is 0 Å². The van der Waals surface area contributed by atoms with Crippen LogP contribution in [-0.4, -0.2) is 37.0 Å². The summed E-state index contributed by atoms with van der Waals surface area (Å²) in [4.78, 5) is 13.8. The number of carbonyl (C=O) groups excluding carboxylic acids is 1. The number of nitrogens with one attached hydrogen (secondary N) is 1.